The molecule has 1 aromatic heterocycles. The number of hydrogen-bond acceptors (Lipinski definition) is 2. The number of benzene rings is 2. The molecule has 3 rings (SSSR count). The summed E-state index contributed by atoms with van der Waals surface area (Å²) in [5.74, 6) is 0.609. The van der Waals surface area contributed by atoms with Crippen LogP contribution in [-0.4, -0.2) is 15.8 Å². The highest BCUT2D eigenvalue weighted by atomic mass is 79.9. The van der Waals surface area contributed by atoms with Crippen molar-refractivity contribution in [1.82, 2.24) is 9.78 Å². The van der Waals surface area contributed by atoms with Gasteiger partial charge in [-0.15, -0.1) is 0 Å². The molecule has 0 bridgehead atoms. The molecular formula is C17H15BrN4O. The van der Waals surface area contributed by atoms with Gasteiger partial charge in [-0.05, 0) is 47.1 Å². The number of urea groups is 1. The van der Waals surface area contributed by atoms with Crippen molar-refractivity contribution < 1.29 is 4.79 Å². The second-order valence-corrected chi connectivity index (χ2v) is 5.83. The van der Waals surface area contributed by atoms with Crippen molar-refractivity contribution in [3.63, 3.8) is 0 Å². The van der Waals surface area contributed by atoms with Crippen LogP contribution in [0.3, 0.4) is 0 Å². The van der Waals surface area contributed by atoms with E-state index in [4.69, 9.17) is 0 Å². The molecule has 1 heterocycles. The van der Waals surface area contributed by atoms with E-state index in [0.29, 0.717) is 11.5 Å². The third-order valence-electron chi connectivity index (χ3n) is 3.20. The smallest absolute Gasteiger partial charge is 0.307 e. The largest absolute Gasteiger partial charge is 0.324 e. The molecule has 0 unspecified atom stereocenters. The van der Waals surface area contributed by atoms with Crippen molar-refractivity contribution >= 4 is 33.5 Å². The SMILES string of the molecule is Cc1cc(NC(=O)Nc2ccccc2Br)n(-c2ccccc2)n1. The number of para-hydroxylation sites is 2. The van der Waals surface area contributed by atoms with Crippen LogP contribution in [0.2, 0.25) is 0 Å². The fourth-order valence-electron chi connectivity index (χ4n) is 2.19. The Morgan fingerprint density at radius 2 is 1.74 bits per heavy atom. The predicted octanol–water partition coefficient (Wildman–Crippen LogP) is 4.59. The molecule has 0 radical (unpaired) electrons. The van der Waals surface area contributed by atoms with Gasteiger partial charge in [-0.2, -0.15) is 5.10 Å². The molecule has 5 nitrogen and oxygen atoms in total. The lowest BCUT2D eigenvalue weighted by molar-refractivity contribution is 0.262. The number of rotatable bonds is 3. The number of anilines is 2. The van der Waals surface area contributed by atoms with Crippen LogP contribution in [0.1, 0.15) is 5.69 Å². The second kappa shape index (κ2) is 6.66. The number of nitrogens with zero attached hydrogens (tertiary/aromatic N) is 2. The molecule has 23 heavy (non-hydrogen) atoms. The molecule has 0 aliphatic heterocycles. The van der Waals surface area contributed by atoms with Gasteiger partial charge >= 0.3 is 6.03 Å². The normalized spacial score (nSPS) is 10.3. The molecule has 0 atom stereocenters. The highest BCUT2D eigenvalue weighted by Gasteiger charge is 2.11. The van der Waals surface area contributed by atoms with Crippen molar-refractivity contribution in [1.29, 1.82) is 0 Å². The molecule has 0 saturated carbocycles. The minimum Gasteiger partial charge on any atom is -0.307 e. The fraction of sp³-hybridized carbons (Fsp3) is 0.0588. The first-order chi connectivity index (χ1) is 11.1. The van der Waals surface area contributed by atoms with E-state index in [2.05, 4.69) is 31.7 Å². The lowest BCUT2D eigenvalue weighted by Gasteiger charge is -2.11. The number of aryl methyl sites for hydroxylation is 1. The molecule has 6 heteroatoms. The van der Waals surface area contributed by atoms with E-state index in [-0.39, 0.29) is 6.03 Å². The van der Waals surface area contributed by atoms with Gasteiger partial charge in [0, 0.05) is 10.5 Å². The average Bonchev–Trinajstić information content (AvgIpc) is 2.91. The Labute approximate surface area is 142 Å². The number of halogens is 1. The van der Waals surface area contributed by atoms with Crippen LogP contribution in [-0.2, 0) is 0 Å². The van der Waals surface area contributed by atoms with E-state index in [1.165, 1.54) is 0 Å². The third-order valence-corrected chi connectivity index (χ3v) is 3.89. The zero-order valence-electron chi connectivity index (χ0n) is 12.5. The molecule has 0 aliphatic rings. The molecule has 2 N–H and O–H groups in total. The topological polar surface area (TPSA) is 59.0 Å². The maximum atomic E-state index is 12.2. The maximum absolute atomic E-state index is 12.2. The first kappa shape index (κ1) is 15.3. The van der Waals surface area contributed by atoms with Crippen LogP contribution >= 0.6 is 15.9 Å². The Hall–Kier alpha value is -2.60. The van der Waals surface area contributed by atoms with Gasteiger partial charge in [0.15, 0.2) is 0 Å². The number of nitrogens with one attached hydrogen (secondary N) is 2. The Kier molecular flexibility index (Phi) is 4.43. The zero-order chi connectivity index (χ0) is 16.2. The summed E-state index contributed by atoms with van der Waals surface area (Å²) < 4.78 is 2.53. The summed E-state index contributed by atoms with van der Waals surface area (Å²) >= 11 is 3.41. The van der Waals surface area contributed by atoms with Crippen LogP contribution in [0, 0.1) is 6.92 Å². The zero-order valence-corrected chi connectivity index (χ0v) is 14.0. The van der Waals surface area contributed by atoms with Gasteiger partial charge in [0.1, 0.15) is 5.82 Å². The van der Waals surface area contributed by atoms with E-state index >= 15 is 0 Å². The minimum absolute atomic E-state index is 0.325. The van der Waals surface area contributed by atoms with Gasteiger partial charge in [0.05, 0.1) is 17.1 Å². The summed E-state index contributed by atoms with van der Waals surface area (Å²) in [7, 11) is 0. The van der Waals surface area contributed by atoms with Crippen LogP contribution in [0.15, 0.2) is 65.1 Å². The van der Waals surface area contributed by atoms with E-state index in [0.717, 1.165) is 15.9 Å². The van der Waals surface area contributed by atoms with Crippen molar-refractivity contribution in [2.45, 2.75) is 6.92 Å². The second-order valence-electron chi connectivity index (χ2n) is 4.98. The van der Waals surface area contributed by atoms with Crippen LogP contribution in [0.4, 0.5) is 16.3 Å². The molecule has 0 saturated heterocycles. The minimum atomic E-state index is -0.325. The first-order valence-corrected chi connectivity index (χ1v) is 7.87. The molecule has 116 valence electrons. The first-order valence-electron chi connectivity index (χ1n) is 7.08. The quantitative estimate of drug-likeness (QED) is 0.708. The Bertz CT molecular complexity index is 830. The highest BCUT2D eigenvalue weighted by molar-refractivity contribution is 9.10. The summed E-state index contributed by atoms with van der Waals surface area (Å²) in [4.78, 5) is 12.2. The number of amides is 2. The number of carbonyl (C=O) groups excluding carboxylic acids is 1. The molecule has 0 spiro atoms. The Morgan fingerprint density at radius 1 is 1.04 bits per heavy atom. The number of aromatic nitrogens is 2. The van der Waals surface area contributed by atoms with Gasteiger partial charge < -0.3 is 5.32 Å². The Morgan fingerprint density at radius 3 is 2.48 bits per heavy atom. The van der Waals surface area contributed by atoms with Gasteiger partial charge in [0.25, 0.3) is 0 Å². The van der Waals surface area contributed by atoms with E-state index < -0.39 is 0 Å². The summed E-state index contributed by atoms with van der Waals surface area (Å²) in [6.07, 6.45) is 0. The summed E-state index contributed by atoms with van der Waals surface area (Å²) in [5, 5.41) is 10.1. The average molecular weight is 371 g/mol. The maximum Gasteiger partial charge on any atom is 0.324 e. The molecule has 0 fully saturated rings. The Balaban J connectivity index is 1.81. The molecule has 2 amide bonds. The van der Waals surface area contributed by atoms with Crippen molar-refractivity contribution in [3.8, 4) is 5.69 Å². The van der Waals surface area contributed by atoms with Crippen molar-refractivity contribution in [2.75, 3.05) is 10.6 Å². The van der Waals surface area contributed by atoms with Crippen LogP contribution in [0.5, 0.6) is 0 Å². The number of carbonyl (C=O) groups is 1. The fourth-order valence-corrected chi connectivity index (χ4v) is 2.57. The number of hydrogen-bond donors (Lipinski definition) is 2. The van der Waals surface area contributed by atoms with Crippen molar-refractivity contribution in [2.24, 2.45) is 0 Å². The van der Waals surface area contributed by atoms with E-state index in [9.17, 15) is 4.79 Å². The van der Waals surface area contributed by atoms with Gasteiger partial charge in [0.2, 0.25) is 0 Å². The van der Waals surface area contributed by atoms with Gasteiger partial charge in [-0.25, -0.2) is 9.48 Å². The van der Waals surface area contributed by atoms with Crippen LogP contribution in [0.25, 0.3) is 5.69 Å². The lowest BCUT2D eigenvalue weighted by atomic mass is 10.3. The van der Waals surface area contributed by atoms with Crippen molar-refractivity contribution in [3.05, 3.63) is 70.8 Å². The monoisotopic (exact) mass is 370 g/mol. The van der Waals surface area contributed by atoms with Crippen LogP contribution < -0.4 is 10.6 Å². The lowest BCUT2D eigenvalue weighted by Crippen LogP contribution is -2.21. The standard InChI is InChI=1S/C17H15BrN4O/c1-12-11-16(22(21-12)13-7-3-2-4-8-13)20-17(23)19-15-10-6-5-9-14(15)18/h2-11H,1H3,(H2,19,20,23). The van der Waals surface area contributed by atoms with E-state index in [1.807, 2.05) is 67.6 Å². The molecule has 0 aliphatic carbocycles. The van der Waals surface area contributed by atoms with Gasteiger partial charge in [-0.3, -0.25) is 5.32 Å². The van der Waals surface area contributed by atoms with Gasteiger partial charge in [-0.1, -0.05) is 30.3 Å². The predicted molar refractivity (Wildman–Crippen MR) is 95.1 cm³/mol. The molecule has 3 aromatic rings. The van der Waals surface area contributed by atoms with E-state index in [1.54, 1.807) is 4.68 Å². The summed E-state index contributed by atoms with van der Waals surface area (Å²) in [5.41, 5.74) is 2.41. The highest BCUT2D eigenvalue weighted by Crippen LogP contribution is 2.22. The molecular weight excluding hydrogens is 356 g/mol. The third kappa shape index (κ3) is 3.60. The summed E-state index contributed by atoms with van der Waals surface area (Å²) in [6, 6.07) is 18.6. The molecule has 2 aromatic carbocycles. The summed E-state index contributed by atoms with van der Waals surface area (Å²) in [6.45, 7) is 1.89.